The van der Waals surface area contributed by atoms with Crippen molar-refractivity contribution in [3.05, 3.63) is 101 Å². The number of methoxy groups -OCH3 is 1. The summed E-state index contributed by atoms with van der Waals surface area (Å²) < 4.78 is 5.34. The summed E-state index contributed by atoms with van der Waals surface area (Å²) in [5.41, 5.74) is 3.92. The van der Waals surface area contributed by atoms with Gasteiger partial charge in [0, 0.05) is 49.3 Å². The maximum absolute atomic E-state index is 14.3. The van der Waals surface area contributed by atoms with Crippen LogP contribution in [0, 0.1) is 5.41 Å². The number of carbonyl (C=O) groups excluding carboxylic acids is 1. The van der Waals surface area contributed by atoms with Crippen LogP contribution in [-0.4, -0.2) is 77.5 Å². The van der Waals surface area contributed by atoms with Crippen molar-refractivity contribution in [2.45, 2.75) is 76.4 Å². The molecule has 7 rings (SSSR count). The fraction of sp³-hybridized carbons (Fsp3) is 0.475. The highest BCUT2D eigenvalue weighted by Gasteiger charge is 2.57. The molecule has 0 aromatic heterocycles. The molecule has 3 aliphatic carbocycles. The Labute approximate surface area is 279 Å². The van der Waals surface area contributed by atoms with E-state index in [2.05, 4.69) is 41.9 Å². The van der Waals surface area contributed by atoms with Gasteiger partial charge in [-0.3, -0.25) is 9.69 Å². The minimum Gasteiger partial charge on any atom is -0.506 e. The number of aromatic hydroxyl groups is 1. The summed E-state index contributed by atoms with van der Waals surface area (Å²) in [5, 5.41) is 34.1. The zero-order chi connectivity index (χ0) is 33.2. The van der Waals surface area contributed by atoms with Gasteiger partial charge in [0.25, 0.3) is 0 Å². The largest absolute Gasteiger partial charge is 0.506 e. The maximum atomic E-state index is 14.3. The van der Waals surface area contributed by atoms with Gasteiger partial charge >= 0.3 is 0 Å². The molecule has 7 nitrogen and oxygen atoms in total. The van der Waals surface area contributed by atoms with E-state index in [4.69, 9.17) is 4.74 Å². The van der Waals surface area contributed by atoms with Crippen LogP contribution in [0.3, 0.4) is 0 Å². The third-order valence-corrected chi connectivity index (χ3v) is 11.3. The minimum absolute atomic E-state index is 0.0112. The Morgan fingerprint density at radius 3 is 2.45 bits per heavy atom. The van der Waals surface area contributed by atoms with Crippen LogP contribution in [0.25, 0.3) is 0 Å². The molecular formula is C40H50N2O5. The molecule has 1 aliphatic heterocycles. The van der Waals surface area contributed by atoms with Crippen LogP contribution < -0.4 is 9.64 Å². The van der Waals surface area contributed by atoms with E-state index in [0.717, 1.165) is 68.7 Å². The molecule has 3 N–H and O–H groups in total. The number of nitrogens with zero attached hydrogens (tertiary/aromatic N) is 2. The van der Waals surface area contributed by atoms with Gasteiger partial charge in [-0.25, -0.2) is 0 Å². The van der Waals surface area contributed by atoms with Crippen LogP contribution >= 0.6 is 0 Å². The van der Waals surface area contributed by atoms with Gasteiger partial charge in [0.1, 0.15) is 11.5 Å². The summed E-state index contributed by atoms with van der Waals surface area (Å²) in [6.07, 6.45) is 6.87. The molecule has 250 valence electrons. The minimum atomic E-state index is -0.942. The first-order valence-corrected chi connectivity index (χ1v) is 17.2. The number of ketones is 1. The van der Waals surface area contributed by atoms with Gasteiger partial charge in [0.2, 0.25) is 0 Å². The average molecular weight is 639 g/mol. The molecule has 1 saturated heterocycles. The number of ether oxygens (including phenoxy) is 1. The summed E-state index contributed by atoms with van der Waals surface area (Å²) in [7, 11) is 1.62. The van der Waals surface area contributed by atoms with Crippen molar-refractivity contribution in [1.82, 2.24) is 4.90 Å². The van der Waals surface area contributed by atoms with Crippen molar-refractivity contribution in [3.8, 4) is 11.5 Å². The Hall–Kier alpha value is -3.65. The summed E-state index contributed by atoms with van der Waals surface area (Å²) >= 11 is 0. The lowest BCUT2D eigenvalue weighted by Gasteiger charge is -2.47. The molecule has 1 heterocycles. The second-order valence-corrected chi connectivity index (χ2v) is 14.3. The highest BCUT2D eigenvalue weighted by atomic mass is 16.5. The molecule has 2 fully saturated rings. The van der Waals surface area contributed by atoms with Crippen LogP contribution in [-0.2, 0) is 6.42 Å². The smallest absolute Gasteiger partial charge is 0.193 e. The number of phenolic OH excluding ortho intramolecular Hbond substituents is 1. The number of piperazine rings is 1. The Bertz CT molecular complexity index is 1590. The van der Waals surface area contributed by atoms with Crippen molar-refractivity contribution in [1.29, 1.82) is 0 Å². The molecule has 47 heavy (non-hydrogen) atoms. The lowest BCUT2D eigenvalue weighted by Crippen LogP contribution is -2.56. The number of benzene rings is 3. The summed E-state index contributed by atoms with van der Waals surface area (Å²) in [6, 6.07) is 20.9. The molecule has 0 unspecified atom stereocenters. The molecule has 3 aromatic carbocycles. The number of β-amino-alcohol motifs (C(OH)–C–C–N with tert-alkyl or cyclic N) is 1. The zero-order valence-electron chi connectivity index (χ0n) is 28.1. The van der Waals surface area contributed by atoms with Crippen LogP contribution in [0.15, 0.2) is 78.4 Å². The van der Waals surface area contributed by atoms with Crippen molar-refractivity contribution in [3.63, 3.8) is 0 Å². The maximum Gasteiger partial charge on any atom is 0.193 e. The zero-order valence-corrected chi connectivity index (χ0v) is 28.1. The summed E-state index contributed by atoms with van der Waals surface area (Å²) in [4.78, 5) is 18.9. The van der Waals surface area contributed by atoms with Crippen molar-refractivity contribution >= 4 is 11.5 Å². The van der Waals surface area contributed by atoms with Crippen LogP contribution in [0.2, 0.25) is 0 Å². The van der Waals surface area contributed by atoms with Gasteiger partial charge in [-0.05, 0) is 111 Å². The van der Waals surface area contributed by atoms with Crippen LogP contribution in [0.4, 0.5) is 5.69 Å². The van der Waals surface area contributed by atoms with Crippen molar-refractivity contribution in [2.75, 3.05) is 44.7 Å². The number of hydrogen-bond donors (Lipinski definition) is 3. The molecule has 4 atom stereocenters. The second-order valence-electron chi connectivity index (χ2n) is 14.3. The molecule has 0 spiro atoms. The van der Waals surface area contributed by atoms with Gasteiger partial charge in [-0.1, -0.05) is 42.8 Å². The van der Waals surface area contributed by atoms with Crippen LogP contribution in [0.5, 0.6) is 11.5 Å². The average Bonchev–Trinajstić information content (AvgIpc) is 3.32. The molecular weight excluding hydrogens is 588 g/mol. The fourth-order valence-electron chi connectivity index (χ4n) is 8.34. The van der Waals surface area contributed by atoms with E-state index in [1.54, 1.807) is 13.2 Å². The van der Waals surface area contributed by atoms with Gasteiger partial charge < -0.3 is 25.0 Å². The first kappa shape index (κ1) is 33.3. The number of aliphatic hydroxyl groups excluding tert-OH is 1. The lowest BCUT2D eigenvalue weighted by atomic mass is 9.64. The van der Waals surface area contributed by atoms with Gasteiger partial charge in [-0.2, -0.15) is 0 Å². The number of rotatable bonds is 6. The number of aliphatic hydroxyl groups is 2. The Balaban J connectivity index is 1.33. The third kappa shape index (κ3) is 6.85. The van der Waals surface area contributed by atoms with Gasteiger partial charge in [0.05, 0.1) is 24.5 Å². The molecule has 7 heteroatoms. The van der Waals surface area contributed by atoms with E-state index in [1.165, 1.54) is 5.57 Å². The number of phenols is 1. The molecule has 3 aromatic rings. The fourth-order valence-corrected chi connectivity index (χ4v) is 8.34. The molecule has 0 radical (unpaired) electrons. The first-order chi connectivity index (χ1) is 22.6. The van der Waals surface area contributed by atoms with E-state index < -0.39 is 17.1 Å². The number of hydrogen-bond acceptors (Lipinski definition) is 7. The predicted molar refractivity (Wildman–Crippen MR) is 187 cm³/mol. The van der Waals surface area contributed by atoms with E-state index in [-0.39, 0.29) is 11.7 Å². The Morgan fingerprint density at radius 1 is 0.979 bits per heavy atom. The monoisotopic (exact) mass is 638 g/mol. The van der Waals surface area contributed by atoms with Crippen molar-refractivity contribution < 1.29 is 24.9 Å². The number of carbonyl (C=O) groups is 1. The van der Waals surface area contributed by atoms with E-state index in [1.807, 2.05) is 48.5 Å². The standard InChI is InChI=1S/C40H50N2O5/c1-28-7-6-19-39(2)35(18-20-40(39,46)27-41-21-23-42(24-22-41)36-8-4-5-9-37(36)44)33-17-11-29(25-31(43)14-10-28)26-34(33)38(45)30-12-15-32(47-3)16-13-30/h4-5,7-9,11-13,15-17,26,31,35,43-44,46H,6,10,14,18-25,27H2,1-3H3/t31-,35-,39-,40+/m0/s1. The molecule has 4 aliphatic rings. The second kappa shape index (κ2) is 13.8. The number of fused-ring (bicyclic) bond motifs is 8. The lowest BCUT2D eigenvalue weighted by molar-refractivity contribution is -0.0841. The van der Waals surface area contributed by atoms with Crippen molar-refractivity contribution in [2.24, 2.45) is 5.41 Å². The SMILES string of the molecule is COc1ccc(C(=O)c2cc3ccc2[C@@H]2CC[C@@](O)(CN4CCN(c5ccccc5O)CC4)[C@@]2(C)CCC=C(C)CC[C@H](O)C3)cc1. The molecule has 2 bridgehead atoms. The van der Waals surface area contributed by atoms with Gasteiger partial charge in [-0.15, -0.1) is 0 Å². The summed E-state index contributed by atoms with van der Waals surface area (Å²) in [5.74, 6) is 0.948. The van der Waals surface area contributed by atoms with Crippen LogP contribution in [0.1, 0.15) is 85.3 Å². The first-order valence-electron chi connectivity index (χ1n) is 17.2. The number of allylic oxidation sites excluding steroid dienone is 2. The molecule has 1 saturated carbocycles. The highest BCUT2D eigenvalue weighted by Crippen LogP contribution is 2.59. The van der Waals surface area contributed by atoms with E-state index in [9.17, 15) is 20.1 Å². The van der Waals surface area contributed by atoms with E-state index >= 15 is 0 Å². The Morgan fingerprint density at radius 2 is 1.72 bits per heavy atom. The highest BCUT2D eigenvalue weighted by molar-refractivity contribution is 6.10. The third-order valence-electron chi connectivity index (χ3n) is 11.3. The molecule has 0 amide bonds. The van der Waals surface area contributed by atoms with E-state index in [0.29, 0.717) is 48.4 Å². The normalized spacial score (nSPS) is 27.2. The van der Waals surface area contributed by atoms with Gasteiger partial charge in [0.15, 0.2) is 5.78 Å². The number of para-hydroxylation sites is 2. The number of anilines is 1. The summed E-state index contributed by atoms with van der Waals surface area (Å²) in [6.45, 7) is 8.12. The predicted octanol–water partition coefficient (Wildman–Crippen LogP) is 6.49. The quantitative estimate of drug-likeness (QED) is 0.210. The topological polar surface area (TPSA) is 93.5 Å². The Kier molecular flexibility index (Phi) is 9.79.